The average Bonchev–Trinajstić information content (AvgIpc) is 2.41. The minimum absolute atomic E-state index is 0.0866. The molecule has 1 aromatic heterocycles. The van der Waals surface area contributed by atoms with E-state index in [1.54, 1.807) is 13.0 Å². The summed E-state index contributed by atoms with van der Waals surface area (Å²) in [7, 11) is 0. The van der Waals surface area contributed by atoms with Crippen LogP contribution in [0, 0.1) is 17.0 Å². The SMILES string of the molecule is Cc1nc(Cl)ccc1NC(=O)c1cc(Cl)cc([N+](=O)[O-])c1. The van der Waals surface area contributed by atoms with Crippen LogP contribution in [0.25, 0.3) is 0 Å². The van der Waals surface area contributed by atoms with Crippen LogP contribution in [-0.2, 0) is 0 Å². The third-order valence-electron chi connectivity index (χ3n) is 2.66. The van der Waals surface area contributed by atoms with E-state index in [4.69, 9.17) is 23.2 Å². The number of carbonyl (C=O) groups is 1. The largest absolute Gasteiger partial charge is 0.320 e. The van der Waals surface area contributed by atoms with Crippen molar-refractivity contribution in [1.29, 1.82) is 0 Å². The highest BCUT2D eigenvalue weighted by Gasteiger charge is 2.15. The zero-order valence-corrected chi connectivity index (χ0v) is 12.3. The fourth-order valence-electron chi connectivity index (χ4n) is 1.67. The van der Waals surface area contributed by atoms with Crippen LogP contribution in [0.4, 0.5) is 11.4 Å². The number of nitrogens with one attached hydrogen (secondary N) is 1. The molecule has 0 bridgehead atoms. The van der Waals surface area contributed by atoms with E-state index in [-0.39, 0.29) is 16.3 Å². The Morgan fingerprint density at radius 3 is 2.62 bits per heavy atom. The molecule has 0 aliphatic rings. The van der Waals surface area contributed by atoms with Gasteiger partial charge in [0, 0.05) is 22.7 Å². The van der Waals surface area contributed by atoms with Gasteiger partial charge in [-0.2, -0.15) is 0 Å². The van der Waals surface area contributed by atoms with Gasteiger partial charge in [-0.25, -0.2) is 4.98 Å². The van der Waals surface area contributed by atoms with Crippen LogP contribution >= 0.6 is 23.2 Å². The van der Waals surface area contributed by atoms with Crippen molar-refractivity contribution in [2.24, 2.45) is 0 Å². The Balaban J connectivity index is 2.30. The van der Waals surface area contributed by atoms with E-state index in [1.165, 1.54) is 18.2 Å². The number of anilines is 1. The number of pyridine rings is 1. The van der Waals surface area contributed by atoms with Gasteiger partial charge in [0.25, 0.3) is 11.6 Å². The van der Waals surface area contributed by atoms with E-state index in [0.717, 1.165) is 6.07 Å². The van der Waals surface area contributed by atoms with Gasteiger partial charge in [-0.15, -0.1) is 0 Å². The molecule has 1 N–H and O–H groups in total. The molecule has 0 saturated carbocycles. The topological polar surface area (TPSA) is 85.1 Å². The lowest BCUT2D eigenvalue weighted by Gasteiger charge is -2.08. The number of amides is 1. The molecule has 1 heterocycles. The summed E-state index contributed by atoms with van der Waals surface area (Å²) in [6.07, 6.45) is 0. The smallest absolute Gasteiger partial charge is 0.271 e. The third-order valence-corrected chi connectivity index (χ3v) is 3.08. The van der Waals surface area contributed by atoms with E-state index in [1.807, 2.05) is 0 Å². The average molecular weight is 326 g/mol. The highest BCUT2D eigenvalue weighted by molar-refractivity contribution is 6.31. The minimum atomic E-state index is -0.613. The van der Waals surface area contributed by atoms with Crippen LogP contribution in [-0.4, -0.2) is 15.8 Å². The van der Waals surface area contributed by atoms with Crippen LogP contribution in [0.2, 0.25) is 10.2 Å². The van der Waals surface area contributed by atoms with Gasteiger partial charge in [0.1, 0.15) is 5.15 Å². The second-order valence-electron chi connectivity index (χ2n) is 4.18. The van der Waals surface area contributed by atoms with Gasteiger partial charge in [0.15, 0.2) is 0 Å². The quantitative estimate of drug-likeness (QED) is 0.527. The van der Waals surface area contributed by atoms with E-state index in [2.05, 4.69) is 10.3 Å². The molecule has 108 valence electrons. The van der Waals surface area contributed by atoms with Crippen LogP contribution in [0.15, 0.2) is 30.3 Å². The number of aryl methyl sites for hydroxylation is 1. The third kappa shape index (κ3) is 3.68. The van der Waals surface area contributed by atoms with Crippen LogP contribution in [0.1, 0.15) is 16.1 Å². The molecule has 1 amide bonds. The van der Waals surface area contributed by atoms with Crippen molar-refractivity contribution in [1.82, 2.24) is 4.98 Å². The maximum absolute atomic E-state index is 12.1. The number of aromatic nitrogens is 1. The normalized spacial score (nSPS) is 10.2. The number of benzene rings is 1. The van der Waals surface area contributed by atoms with E-state index in [9.17, 15) is 14.9 Å². The van der Waals surface area contributed by atoms with Crippen molar-refractivity contribution >= 4 is 40.5 Å². The first-order valence-corrected chi connectivity index (χ1v) is 6.52. The van der Waals surface area contributed by atoms with Gasteiger partial charge in [0.05, 0.1) is 16.3 Å². The molecule has 2 aromatic rings. The monoisotopic (exact) mass is 325 g/mol. The molecule has 6 nitrogen and oxygen atoms in total. The number of halogens is 2. The van der Waals surface area contributed by atoms with E-state index in [0.29, 0.717) is 16.5 Å². The first kappa shape index (κ1) is 15.2. The molecule has 0 atom stereocenters. The van der Waals surface area contributed by atoms with Crippen molar-refractivity contribution in [2.45, 2.75) is 6.92 Å². The Morgan fingerprint density at radius 2 is 2.00 bits per heavy atom. The summed E-state index contributed by atoms with van der Waals surface area (Å²) >= 11 is 11.5. The molecule has 1 aromatic carbocycles. The molecular weight excluding hydrogens is 317 g/mol. The molecule has 0 radical (unpaired) electrons. The number of hydrogen-bond acceptors (Lipinski definition) is 4. The van der Waals surface area contributed by atoms with Gasteiger partial charge in [0.2, 0.25) is 0 Å². The first-order chi connectivity index (χ1) is 9.86. The van der Waals surface area contributed by atoms with Gasteiger partial charge in [-0.3, -0.25) is 14.9 Å². The van der Waals surface area contributed by atoms with Crippen LogP contribution in [0.5, 0.6) is 0 Å². The van der Waals surface area contributed by atoms with Crippen molar-refractivity contribution in [3.05, 3.63) is 61.9 Å². The summed E-state index contributed by atoms with van der Waals surface area (Å²) in [5, 5.41) is 13.8. The predicted molar refractivity (Wildman–Crippen MR) is 80.0 cm³/mol. The highest BCUT2D eigenvalue weighted by Crippen LogP contribution is 2.22. The van der Waals surface area contributed by atoms with E-state index < -0.39 is 10.8 Å². The van der Waals surface area contributed by atoms with Crippen LogP contribution < -0.4 is 5.32 Å². The van der Waals surface area contributed by atoms with Gasteiger partial charge < -0.3 is 5.32 Å². The minimum Gasteiger partial charge on any atom is -0.320 e. The molecule has 0 spiro atoms. The molecule has 8 heteroatoms. The predicted octanol–water partition coefficient (Wildman–Crippen LogP) is 3.86. The Kier molecular flexibility index (Phi) is 4.40. The number of non-ortho nitro benzene ring substituents is 1. The molecule has 0 aliphatic carbocycles. The molecule has 21 heavy (non-hydrogen) atoms. The van der Waals surface area contributed by atoms with Gasteiger partial charge in [-0.1, -0.05) is 23.2 Å². The standard InChI is InChI=1S/C13H9Cl2N3O3/c1-7-11(2-3-12(15)16-7)17-13(19)8-4-9(14)6-10(5-8)18(20)21/h2-6H,1H3,(H,17,19). The highest BCUT2D eigenvalue weighted by atomic mass is 35.5. The molecule has 0 unspecified atom stereocenters. The molecule has 0 saturated heterocycles. The van der Waals surface area contributed by atoms with Crippen molar-refractivity contribution in [3.63, 3.8) is 0 Å². The number of nitro benzene ring substituents is 1. The van der Waals surface area contributed by atoms with E-state index >= 15 is 0 Å². The second kappa shape index (κ2) is 6.07. The Labute approximate surface area is 129 Å². The first-order valence-electron chi connectivity index (χ1n) is 5.76. The van der Waals surface area contributed by atoms with Crippen LogP contribution in [0.3, 0.4) is 0 Å². The molecule has 0 fully saturated rings. The fraction of sp³-hybridized carbons (Fsp3) is 0.0769. The van der Waals surface area contributed by atoms with Gasteiger partial charge >= 0.3 is 0 Å². The maximum atomic E-state index is 12.1. The lowest BCUT2D eigenvalue weighted by molar-refractivity contribution is -0.384. The summed E-state index contributed by atoms with van der Waals surface area (Å²) in [5.41, 5.74) is 0.835. The fourth-order valence-corrected chi connectivity index (χ4v) is 2.09. The zero-order valence-electron chi connectivity index (χ0n) is 10.8. The summed E-state index contributed by atoms with van der Waals surface area (Å²) < 4.78 is 0. The second-order valence-corrected chi connectivity index (χ2v) is 5.00. The van der Waals surface area contributed by atoms with Crippen molar-refractivity contribution in [2.75, 3.05) is 5.32 Å². The summed E-state index contributed by atoms with van der Waals surface area (Å²) in [5.74, 6) is -0.521. The lowest BCUT2D eigenvalue weighted by atomic mass is 10.2. The Morgan fingerprint density at radius 1 is 1.29 bits per heavy atom. The summed E-state index contributed by atoms with van der Waals surface area (Å²) in [4.78, 5) is 26.3. The maximum Gasteiger partial charge on any atom is 0.271 e. The van der Waals surface area contributed by atoms with Crippen molar-refractivity contribution < 1.29 is 9.72 Å². The molecular formula is C13H9Cl2N3O3. The Bertz CT molecular complexity index is 735. The summed E-state index contributed by atoms with van der Waals surface area (Å²) in [6, 6.07) is 6.81. The number of nitrogens with zero attached hydrogens (tertiary/aromatic N) is 2. The number of nitro groups is 1. The number of carbonyl (C=O) groups excluding carboxylic acids is 1. The van der Waals surface area contributed by atoms with Gasteiger partial charge in [-0.05, 0) is 25.1 Å². The van der Waals surface area contributed by atoms with Crippen molar-refractivity contribution in [3.8, 4) is 0 Å². The molecule has 2 rings (SSSR count). The number of rotatable bonds is 3. The number of hydrogen-bond donors (Lipinski definition) is 1. The molecule has 0 aliphatic heterocycles. The zero-order chi connectivity index (χ0) is 15.6. The summed E-state index contributed by atoms with van der Waals surface area (Å²) in [6.45, 7) is 1.68. The lowest BCUT2D eigenvalue weighted by Crippen LogP contribution is -2.13. The Hall–Kier alpha value is -2.18.